The Kier molecular flexibility index (Phi) is 9.27. The molecule has 0 N–H and O–H groups in total. The number of benzene rings is 1. The Bertz CT molecular complexity index is 1190. The molecule has 1 heterocycles. The minimum Gasteiger partial charge on any atom is -0.469 e. The van der Waals surface area contributed by atoms with Crippen molar-refractivity contribution in [3.63, 3.8) is 0 Å². The molecule has 5 aliphatic rings. The number of carbonyl (C=O) groups excluding carboxylic acids is 3. The molecule has 0 amide bonds. The quantitative estimate of drug-likeness (QED) is 0.229. The molecule has 242 valence electrons. The van der Waals surface area contributed by atoms with Gasteiger partial charge in [0.2, 0.25) is 0 Å². The van der Waals surface area contributed by atoms with Gasteiger partial charge in [-0.2, -0.15) is 0 Å². The highest BCUT2D eigenvalue weighted by Gasteiger charge is 2.67. The molecule has 1 aromatic rings. The number of hydrogen-bond donors (Lipinski definition) is 0. The number of esters is 2. The first-order valence-electron chi connectivity index (χ1n) is 17.3. The van der Waals surface area contributed by atoms with Gasteiger partial charge in [-0.15, -0.1) is 0 Å². The average Bonchev–Trinajstić information content (AvgIpc) is 3.39. The third kappa shape index (κ3) is 5.77. The van der Waals surface area contributed by atoms with Crippen LogP contribution in [0.3, 0.4) is 0 Å². The Morgan fingerprint density at radius 2 is 1.84 bits per heavy atom. The molecule has 44 heavy (non-hydrogen) atoms. The number of fused-ring (bicyclic) bond motifs is 5. The van der Waals surface area contributed by atoms with E-state index in [1.165, 1.54) is 7.11 Å². The summed E-state index contributed by atoms with van der Waals surface area (Å²) in [4.78, 5) is 38.6. The molecule has 7 heteroatoms. The predicted molar refractivity (Wildman–Crippen MR) is 166 cm³/mol. The number of carbonyl (C=O) groups is 3. The van der Waals surface area contributed by atoms with Crippen LogP contribution in [0.2, 0.25) is 0 Å². The Hall–Kier alpha value is -2.25. The summed E-state index contributed by atoms with van der Waals surface area (Å²) >= 11 is 0. The van der Waals surface area contributed by atoms with Crippen LogP contribution in [0.25, 0.3) is 0 Å². The van der Waals surface area contributed by atoms with Gasteiger partial charge < -0.3 is 18.9 Å². The van der Waals surface area contributed by atoms with E-state index in [1.54, 1.807) is 0 Å². The smallest absolute Gasteiger partial charge is 0.338 e. The second-order valence-electron chi connectivity index (χ2n) is 15.1. The van der Waals surface area contributed by atoms with E-state index in [1.807, 2.05) is 30.3 Å². The van der Waals surface area contributed by atoms with Gasteiger partial charge in [-0.1, -0.05) is 39.0 Å². The second kappa shape index (κ2) is 12.9. The van der Waals surface area contributed by atoms with Gasteiger partial charge in [0.1, 0.15) is 11.9 Å². The molecule has 0 bridgehead atoms. The van der Waals surface area contributed by atoms with E-state index in [0.717, 1.165) is 64.4 Å². The largest absolute Gasteiger partial charge is 0.469 e. The minimum absolute atomic E-state index is 0.000814. The van der Waals surface area contributed by atoms with Crippen molar-refractivity contribution in [2.75, 3.05) is 13.7 Å². The predicted octanol–water partition coefficient (Wildman–Crippen LogP) is 7.16. The number of hydrogen-bond acceptors (Lipinski definition) is 7. The van der Waals surface area contributed by atoms with Gasteiger partial charge in [0.05, 0.1) is 18.8 Å². The number of rotatable bonds is 8. The molecule has 6 rings (SSSR count). The Labute approximate surface area is 263 Å². The summed E-state index contributed by atoms with van der Waals surface area (Å²) in [5.41, 5.74) is 0.318. The lowest BCUT2D eigenvalue weighted by molar-refractivity contribution is -0.258. The summed E-state index contributed by atoms with van der Waals surface area (Å²) in [5.74, 6) is 1.69. The molecule has 0 spiro atoms. The van der Waals surface area contributed by atoms with E-state index in [4.69, 9.17) is 18.9 Å². The van der Waals surface area contributed by atoms with Crippen molar-refractivity contribution < 1.29 is 33.3 Å². The van der Waals surface area contributed by atoms with Crippen molar-refractivity contribution in [1.82, 2.24) is 0 Å². The van der Waals surface area contributed by atoms with Crippen LogP contribution in [-0.2, 0) is 28.5 Å². The Morgan fingerprint density at radius 1 is 1.05 bits per heavy atom. The summed E-state index contributed by atoms with van der Waals surface area (Å²) in [5, 5.41) is 0. The highest BCUT2D eigenvalue weighted by Crippen LogP contribution is 2.69. The zero-order valence-electron chi connectivity index (χ0n) is 27.1. The van der Waals surface area contributed by atoms with Crippen LogP contribution in [0.5, 0.6) is 0 Å². The standard InChI is InChI=1S/C37H52O7/c1-23(13-16-32(39)41-4)27-14-15-28-34-29(22-31(37(27,28)3)44-35(40)24-10-6-5-7-11-24)36(2)18-17-26(38)20-25(36)21-30(34)43-33-12-8-9-19-42-33/h5-7,10-11,23,25,27-31,33-34H,8-9,12-22H2,1-4H3. The monoisotopic (exact) mass is 608 g/mol. The van der Waals surface area contributed by atoms with Crippen molar-refractivity contribution in [2.24, 2.45) is 46.3 Å². The maximum atomic E-state index is 13.7. The van der Waals surface area contributed by atoms with Crippen LogP contribution in [0.4, 0.5) is 0 Å². The number of methoxy groups -OCH3 is 1. The van der Waals surface area contributed by atoms with Crippen molar-refractivity contribution in [2.45, 2.75) is 116 Å². The van der Waals surface area contributed by atoms with Crippen molar-refractivity contribution in [3.05, 3.63) is 35.9 Å². The summed E-state index contributed by atoms with van der Waals surface area (Å²) < 4.78 is 24.7. The molecule has 4 saturated carbocycles. The van der Waals surface area contributed by atoms with Crippen LogP contribution < -0.4 is 0 Å². The zero-order valence-corrected chi connectivity index (χ0v) is 27.1. The van der Waals surface area contributed by atoms with Gasteiger partial charge in [0.25, 0.3) is 0 Å². The van der Waals surface area contributed by atoms with Gasteiger partial charge in [-0.25, -0.2) is 4.79 Å². The summed E-state index contributed by atoms with van der Waals surface area (Å²) in [6.07, 6.45) is 9.76. The Balaban J connectivity index is 1.37. The normalized spacial score (nSPS) is 40.7. The van der Waals surface area contributed by atoms with E-state index in [2.05, 4.69) is 20.8 Å². The Morgan fingerprint density at radius 3 is 2.57 bits per heavy atom. The molecule has 1 saturated heterocycles. The molecular formula is C37H52O7. The average molecular weight is 609 g/mol. The topological polar surface area (TPSA) is 88.1 Å². The zero-order chi connectivity index (χ0) is 31.1. The first kappa shape index (κ1) is 31.7. The fraction of sp³-hybridized carbons (Fsp3) is 0.757. The highest BCUT2D eigenvalue weighted by atomic mass is 16.7. The van der Waals surface area contributed by atoms with Gasteiger partial charge in [-0.05, 0) is 111 Å². The molecule has 11 unspecified atom stereocenters. The number of ketones is 1. The molecular weight excluding hydrogens is 556 g/mol. The van der Waals surface area contributed by atoms with Crippen molar-refractivity contribution >= 4 is 17.7 Å². The molecule has 1 aliphatic heterocycles. The molecule has 4 aliphatic carbocycles. The van der Waals surface area contributed by atoms with E-state index in [9.17, 15) is 14.4 Å². The third-order valence-electron chi connectivity index (χ3n) is 13.1. The molecule has 5 fully saturated rings. The summed E-state index contributed by atoms with van der Waals surface area (Å²) in [7, 11) is 1.45. The fourth-order valence-electron chi connectivity index (χ4n) is 10.6. The van der Waals surface area contributed by atoms with E-state index >= 15 is 0 Å². The first-order chi connectivity index (χ1) is 21.1. The van der Waals surface area contributed by atoms with E-state index in [0.29, 0.717) is 54.3 Å². The highest BCUT2D eigenvalue weighted by molar-refractivity contribution is 5.89. The van der Waals surface area contributed by atoms with Crippen LogP contribution in [0, 0.1) is 46.3 Å². The third-order valence-corrected chi connectivity index (χ3v) is 13.1. The SMILES string of the molecule is COC(=O)CCC(C)C1CCC2C3C(OC4CCCCO4)CC4CC(=O)CCC4(C)C3CC(OC(=O)c3ccccc3)C12C. The van der Waals surface area contributed by atoms with Gasteiger partial charge >= 0.3 is 11.9 Å². The molecule has 1 aromatic carbocycles. The van der Waals surface area contributed by atoms with Crippen molar-refractivity contribution in [3.8, 4) is 0 Å². The van der Waals surface area contributed by atoms with E-state index < -0.39 is 0 Å². The summed E-state index contributed by atoms with van der Waals surface area (Å²) in [6, 6.07) is 9.34. The minimum atomic E-state index is -0.262. The fourth-order valence-corrected chi connectivity index (χ4v) is 10.6. The van der Waals surface area contributed by atoms with Gasteiger partial charge in [-0.3, -0.25) is 9.59 Å². The molecule has 7 nitrogen and oxygen atoms in total. The molecule has 0 aromatic heterocycles. The lowest BCUT2D eigenvalue weighted by Gasteiger charge is -2.64. The summed E-state index contributed by atoms with van der Waals surface area (Å²) in [6.45, 7) is 7.79. The van der Waals surface area contributed by atoms with E-state index in [-0.39, 0.29) is 53.1 Å². The number of ether oxygens (including phenoxy) is 4. The lowest BCUT2D eigenvalue weighted by atomic mass is 9.43. The maximum absolute atomic E-state index is 13.7. The van der Waals surface area contributed by atoms with Gasteiger partial charge in [0.15, 0.2) is 6.29 Å². The first-order valence-corrected chi connectivity index (χ1v) is 17.3. The van der Waals surface area contributed by atoms with Gasteiger partial charge in [0, 0.05) is 31.3 Å². The molecule has 11 atom stereocenters. The van der Waals surface area contributed by atoms with Crippen LogP contribution >= 0.6 is 0 Å². The second-order valence-corrected chi connectivity index (χ2v) is 15.1. The van der Waals surface area contributed by atoms with Crippen LogP contribution in [-0.4, -0.2) is 49.9 Å². The number of Topliss-reactive ketones (excluding diaryl/α,β-unsaturated/α-hetero) is 1. The molecule has 0 radical (unpaired) electrons. The maximum Gasteiger partial charge on any atom is 0.338 e. The van der Waals surface area contributed by atoms with Crippen molar-refractivity contribution in [1.29, 1.82) is 0 Å². The lowest BCUT2D eigenvalue weighted by Crippen LogP contribution is -2.63. The van der Waals surface area contributed by atoms with Crippen LogP contribution in [0.15, 0.2) is 30.3 Å². The van der Waals surface area contributed by atoms with Crippen LogP contribution in [0.1, 0.15) is 108 Å².